The summed E-state index contributed by atoms with van der Waals surface area (Å²) < 4.78 is 4.89. The van der Waals surface area contributed by atoms with Crippen LogP contribution >= 0.6 is 0 Å². The lowest BCUT2D eigenvalue weighted by atomic mass is 9.77. The number of hydrogen-bond donors (Lipinski definition) is 0. The minimum absolute atomic E-state index is 0.0966. The van der Waals surface area contributed by atoms with Crippen molar-refractivity contribution in [2.75, 3.05) is 0 Å². The largest absolute Gasteiger partial charge is 0.331 e. The molecule has 0 amide bonds. The maximum absolute atomic E-state index is 11.0. The Bertz CT molecular complexity index is 560. The van der Waals surface area contributed by atoms with E-state index in [0.717, 1.165) is 6.42 Å². The summed E-state index contributed by atoms with van der Waals surface area (Å²) in [7, 11) is 0. The lowest BCUT2D eigenvalue weighted by Gasteiger charge is -2.26. The molecule has 0 N–H and O–H groups in total. The molecule has 0 fully saturated rings. The minimum Gasteiger partial charge on any atom is -0.331 e. The Kier molecular flexibility index (Phi) is 1.89. The van der Waals surface area contributed by atoms with Crippen LogP contribution in [0.2, 0.25) is 0 Å². The highest BCUT2D eigenvalue weighted by Crippen LogP contribution is 2.38. The standard InChI is InChI=1S/C12H10N2O2/c1-7(15)12-13-11(14-16-12)10-6-8-4-2-3-5-9(8)10/h2-5,10H,6H2,1H3. The normalized spacial score (nSPS) is 17.7. The Morgan fingerprint density at radius 1 is 1.44 bits per heavy atom. The molecule has 4 nitrogen and oxygen atoms in total. The number of benzene rings is 1. The van der Waals surface area contributed by atoms with Crippen LogP contribution in [0.1, 0.15) is 40.5 Å². The first-order chi connectivity index (χ1) is 7.75. The third-order valence-electron chi connectivity index (χ3n) is 2.91. The molecule has 0 radical (unpaired) electrons. The van der Waals surface area contributed by atoms with Gasteiger partial charge >= 0.3 is 0 Å². The number of carbonyl (C=O) groups excluding carboxylic acids is 1. The zero-order valence-corrected chi connectivity index (χ0v) is 8.80. The number of Topliss-reactive ketones (excluding diaryl/α,β-unsaturated/α-hetero) is 1. The number of rotatable bonds is 2. The topological polar surface area (TPSA) is 56.0 Å². The van der Waals surface area contributed by atoms with Gasteiger partial charge in [0.15, 0.2) is 5.82 Å². The van der Waals surface area contributed by atoms with Gasteiger partial charge < -0.3 is 4.52 Å². The molecule has 1 atom stereocenters. The highest BCUT2D eigenvalue weighted by atomic mass is 16.5. The van der Waals surface area contributed by atoms with Gasteiger partial charge in [-0.3, -0.25) is 4.79 Å². The fraction of sp³-hybridized carbons (Fsp3) is 0.250. The van der Waals surface area contributed by atoms with Crippen LogP contribution in [0.3, 0.4) is 0 Å². The summed E-state index contributed by atoms with van der Waals surface area (Å²) in [4.78, 5) is 15.1. The molecule has 80 valence electrons. The summed E-state index contributed by atoms with van der Waals surface area (Å²) in [5.41, 5.74) is 2.56. The number of aromatic nitrogens is 2. The van der Waals surface area contributed by atoms with Crippen LogP contribution in [0.15, 0.2) is 28.8 Å². The maximum Gasteiger partial charge on any atom is 0.293 e. The van der Waals surface area contributed by atoms with Crippen LogP contribution in [-0.4, -0.2) is 15.9 Å². The van der Waals surface area contributed by atoms with Crippen LogP contribution in [0.25, 0.3) is 0 Å². The second-order valence-corrected chi connectivity index (χ2v) is 3.97. The SMILES string of the molecule is CC(=O)c1nc(C2Cc3ccccc32)no1. The lowest BCUT2D eigenvalue weighted by molar-refractivity contribution is 0.0972. The van der Waals surface area contributed by atoms with Crippen molar-refractivity contribution < 1.29 is 9.32 Å². The lowest BCUT2D eigenvalue weighted by Crippen LogP contribution is -2.19. The van der Waals surface area contributed by atoms with Gasteiger partial charge in [-0.2, -0.15) is 4.98 Å². The molecule has 1 aliphatic rings. The molecular weight excluding hydrogens is 204 g/mol. The Labute approximate surface area is 92.3 Å². The molecule has 0 bridgehead atoms. The Hall–Kier alpha value is -1.97. The van der Waals surface area contributed by atoms with E-state index in [1.54, 1.807) is 0 Å². The van der Waals surface area contributed by atoms with Gasteiger partial charge in [-0.1, -0.05) is 29.4 Å². The van der Waals surface area contributed by atoms with E-state index in [9.17, 15) is 4.79 Å². The highest BCUT2D eigenvalue weighted by Gasteiger charge is 2.31. The second kappa shape index (κ2) is 3.27. The highest BCUT2D eigenvalue weighted by molar-refractivity contribution is 5.89. The number of fused-ring (bicyclic) bond motifs is 1. The van der Waals surface area contributed by atoms with Crippen LogP contribution in [0.5, 0.6) is 0 Å². The van der Waals surface area contributed by atoms with E-state index < -0.39 is 0 Å². The summed E-state index contributed by atoms with van der Waals surface area (Å²) in [6, 6.07) is 8.17. The first-order valence-corrected chi connectivity index (χ1v) is 5.18. The van der Waals surface area contributed by atoms with E-state index >= 15 is 0 Å². The predicted octanol–water partition coefficient (Wildman–Crippen LogP) is 1.96. The molecule has 0 saturated carbocycles. The smallest absolute Gasteiger partial charge is 0.293 e. The molecule has 0 saturated heterocycles. The van der Waals surface area contributed by atoms with Gasteiger partial charge in [0.2, 0.25) is 5.78 Å². The molecule has 1 heterocycles. The molecule has 16 heavy (non-hydrogen) atoms. The van der Waals surface area contributed by atoms with E-state index in [2.05, 4.69) is 22.3 Å². The van der Waals surface area contributed by atoms with Gasteiger partial charge in [0.25, 0.3) is 5.89 Å². The van der Waals surface area contributed by atoms with E-state index in [1.165, 1.54) is 18.1 Å². The molecule has 4 heteroatoms. The number of carbonyl (C=O) groups is 1. The Morgan fingerprint density at radius 2 is 2.25 bits per heavy atom. The van der Waals surface area contributed by atoms with Crippen molar-refractivity contribution >= 4 is 5.78 Å². The molecule has 0 spiro atoms. The average molecular weight is 214 g/mol. The molecule has 1 unspecified atom stereocenters. The maximum atomic E-state index is 11.0. The monoisotopic (exact) mass is 214 g/mol. The Morgan fingerprint density at radius 3 is 2.94 bits per heavy atom. The molecule has 3 rings (SSSR count). The van der Waals surface area contributed by atoms with Crippen molar-refractivity contribution in [2.45, 2.75) is 19.3 Å². The van der Waals surface area contributed by atoms with Crippen molar-refractivity contribution in [3.8, 4) is 0 Å². The average Bonchev–Trinajstić information content (AvgIpc) is 2.69. The van der Waals surface area contributed by atoms with Gasteiger partial charge in [-0.25, -0.2) is 0 Å². The third-order valence-corrected chi connectivity index (χ3v) is 2.91. The number of nitrogens with zero attached hydrogens (tertiary/aromatic N) is 2. The summed E-state index contributed by atoms with van der Waals surface area (Å²) >= 11 is 0. The second-order valence-electron chi connectivity index (χ2n) is 3.97. The predicted molar refractivity (Wildman–Crippen MR) is 56.3 cm³/mol. The van der Waals surface area contributed by atoms with Gasteiger partial charge in [0, 0.05) is 6.92 Å². The van der Waals surface area contributed by atoms with Crippen molar-refractivity contribution in [2.24, 2.45) is 0 Å². The van der Waals surface area contributed by atoms with Crippen LogP contribution in [-0.2, 0) is 6.42 Å². The van der Waals surface area contributed by atoms with E-state index in [-0.39, 0.29) is 17.6 Å². The van der Waals surface area contributed by atoms with Gasteiger partial charge in [0.1, 0.15) is 0 Å². The van der Waals surface area contributed by atoms with Crippen molar-refractivity contribution in [3.05, 3.63) is 47.1 Å². The van der Waals surface area contributed by atoms with Crippen molar-refractivity contribution in [1.29, 1.82) is 0 Å². The summed E-state index contributed by atoms with van der Waals surface area (Å²) in [6.07, 6.45) is 0.924. The molecule has 1 aromatic heterocycles. The quantitative estimate of drug-likeness (QED) is 0.717. The van der Waals surface area contributed by atoms with E-state index in [4.69, 9.17) is 4.52 Å². The minimum atomic E-state index is -0.189. The van der Waals surface area contributed by atoms with Crippen LogP contribution in [0.4, 0.5) is 0 Å². The van der Waals surface area contributed by atoms with E-state index in [1.807, 2.05) is 12.1 Å². The van der Waals surface area contributed by atoms with Crippen LogP contribution < -0.4 is 0 Å². The summed E-state index contributed by atoms with van der Waals surface area (Å²) in [5, 5.41) is 3.85. The van der Waals surface area contributed by atoms with Gasteiger partial charge in [-0.15, -0.1) is 0 Å². The third kappa shape index (κ3) is 1.26. The first kappa shape index (κ1) is 9.27. The zero-order chi connectivity index (χ0) is 11.1. The molecule has 1 aliphatic carbocycles. The summed E-state index contributed by atoms with van der Waals surface area (Å²) in [5.74, 6) is 0.711. The zero-order valence-electron chi connectivity index (χ0n) is 8.80. The van der Waals surface area contributed by atoms with Crippen LogP contribution in [0, 0.1) is 0 Å². The van der Waals surface area contributed by atoms with Crippen molar-refractivity contribution in [3.63, 3.8) is 0 Å². The number of hydrogen-bond acceptors (Lipinski definition) is 4. The molecule has 2 aromatic rings. The summed E-state index contributed by atoms with van der Waals surface area (Å²) in [6.45, 7) is 1.42. The molecule has 1 aromatic carbocycles. The van der Waals surface area contributed by atoms with E-state index in [0.29, 0.717) is 5.82 Å². The van der Waals surface area contributed by atoms with Gasteiger partial charge in [-0.05, 0) is 17.5 Å². The first-order valence-electron chi connectivity index (χ1n) is 5.18. The Balaban J connectivity index is 1.93. The molecular formula is C12H10N2O2. The fourth-order valence-electron chi connectivity index (χ4n) is 2.01. The molecule has 0 aliphatic heterocycles. The fourth-order valence-corrected chi connectivity index (χ4v) is 2.01. The van der Waals surface area contributed by atoms with Gasteiger partial charge in [0.05, 0.1) is 5.92 Å². The van der Waals surface area contributed by atoms with Crippen molar-refractivity contribution in [1.82, 2.24) is 10.1 Å². The number of ketones is 1.